The van der Waals surface area contributed by atoms with Crippen LogP contribution in [-0.2, 0) is 0 Å². The second-order valence-electron chi connectivity index (χ2n) is 5.17. The van der Waals surface area contributed by atoms with Gasteiger partial charge in [0, 0.05) is 0 Å². The lowest BCUT2D eigenvalue weighted by Gasteiger charge is -2.48. The standard InChI is InChI=1S/C13H27N/c1-4-6-12-10-13(11-12,7-5-2)8-9-14-3/h12,14H,4-11H2,1-3H3. The topological polar surface area (TPSA) is 12.0 Å². The monoisotopic (exact) mass is 197 g/mol. The molecule has 1 aliphatic carbocycles. The van der Waals surface area contributed by atoms with E-state index in [2.05, 4.69) is 26.2 Å². The van der Waals surface area contributed by atoms with Gasteiger partial charge in [-0.15, -0.1) is 0 Å². The molecule has 0 aliphatic heterocycles. The van der Waals surface area contributed by atoms with Gasteiger partial charge < -0.3 is 5.32 Å². The van der Waals surface area contributed by atoms with Gasteiger partial charge in [0.15, 0.2) is 0 Å². The maximum atomic E-state index is 3.30. The molecule has 1 heteroatoms. The molecule has 1 saturated carbocycles. The van der Waals surface area contributed by atoms with Crippen molar-refractivity contribution in [2.75, 3.05) is 13.6 Å². The molecular weight excluding hydrogens is 170 g/mol. The van der Waals surface area contributed by atoms with E-state index < -0.39 is 0 Å². The lowest BCUT2D eigenvalue weighted by molar-refractivity contribution is 0.0301. The zero-order chi connectivity index (χ0) is 10.4. The summed E-state index contributed by atoms with van der Waals surface area (Å²) in [5.74, 6) is 1.06. The highest BCUT2D eigenvalue weighted by molar-refractivity contribution is 4.93. The molecule has 14 heavy (non-hydrogen) atoms. The molecular formula is C13H27N. The summed E-state index contributed by atoms with van der Waals surface area (Å²) in [6.45, 7) is 5.85. The maximum Gasteiger partial charge on any atom is -0.00466 e. The van der Waals surface area contributed by atoms with Crippen molar-refractivity contribution in [1.29, 1.82) is 0 Å². The van der Waals surface area contributed by atoms with Crippen LogP contribution in [0.15, 0.2) is 0 Å². The molecule has 1 fully saturated rings. The van der Waals surface area contributed by atoms with E-state index in [9.17, 15) is 0 Å². The smallest absolute Gasteiger partial charge is 0.00466 e. The van der Waals surface area contributed by atoms with Crippen LogP contribution in [0.3, 0.4) is 0 Å². The molecule has 0 spiro atoms. The Balaban J connectivity index is 2.28. The van der Waals surface area contributed by atoms with Crippen LogP contribution in [0.25, 0.3) is 0 Å². The van der Waals surface area contributed by atoms with Gasteiger partial charge in [-0.05, 0) is 50.6 Å². The van der Waals surface area contributed by atoms with Crippen LogP contribution in [0.2, 0.25) is 0 Å². The van der Waals surface area contributed by atoms with Crippen LogP contribution in [0.5, 0.6) is 0 Å². The van der Waals surface area contributed by atoms with Gasteiger partial charge in [-0.25, -0.2) is 0 Å². The first-order valence-electron chi connectivity index (χ1n) is 6.41. The zero-order valence-corrected chi connectivity index (χ0v) is 10.2. The molecule has 1 nitrogen and oxygen atoms in total. The normalized spacial score (nSPS) is 31.5. The van der Waals surface area contributed by atoms with Gasteiger partial charge in [0.2, 0.25) is 0 Å². The predicted octanol–water partition coefficient (Wildman–Crippen LogP) is 3.59. The second kappa shape index (κ2) is 5.75. The molecule has 84 valence electrons. The number of hydrogen-bond acceptors (Lipinski definition) is 1. The molecule has 0 amide bonds. The average Bonchev–Trinajstić information content (AvgIpc) is 2.12. The van der Waals surface area contributed by atoms with Crippen molar-refractivity contribution in [3.05, 3.63) is 0 Å². The average molecular weight is 197 g/mol. The molecule has 1 N–H and O–H groups in total. The van der Waals surface area contributed by atoms with Gasteiger partial charge >= 0.3 is 0 Å². The number of nitrogens with one attached hydrogen (secondary N) is 1. The Kier molecular flexibility index (Phi) is 4.94. The van der Waals surface area contributed by atoms with E-state index in [1.807, 2.05) is 0 Å². The van der Waals surface area contributed by atoms with E-state index in [0.717, 1.165) is 11.3 Å². The van der Waals surface area contributed by atoms with Gasteiger partial charge in [-0.3, -0.25) is 0 Å². The van der Waals surface area contributed by atoms with Crippen molar-refractivity contribution in [3.63, 3.8) is 0 Å². The zero-order valence-electron chi connectivity index (χ0n) is 10.2. The van der Waals surface area contributed by atoms with Crippen LogP contribution >= 0.6 is 0 Å². The molecule has 0 aromatic heterocycles. The third kappa shape index (κ3) is 2.98. The minimum absolute atomic E-state index is 0.734. The van der Waals surface area contributed by atoms with Gasteiger partial charge in [-0.1, -0.05) is 33.1 Å². The molecule has 0 saturated heterocycles. The first-order valence-corrected chi connectivity index (χ1v) is 6.41. The highest BCUT2D eigenvalue weighted by Crippen LogP contribution is 2.52. The van der Waals surface area contributed by atoms with Gasteiger partial charge in [0.1, 0.15) is 0 Å². The van der Waals surface area contributed by atoms with Crippen LogP contribution in [-0.4, -0.2) is 13.6 Å². The minimum Gasteiger partial charge on any atom is -0.320 e. The quantitative estimate of drug-likeness (QED) is 0.657. The Labute approximate surface area is 89.7 Å². The van der Waals surface area contributed by atoms with Gasteiger partial charge in [0.05, 0.1) is 0 Å². The summed E-state index contributed by atoms with van der Waals surface area (Å²) >= 11 is 0. The van der Waals surface area contributed by atoms with Crippen LogP contribution in [0, 0.1) is 11.3 Å². The summed E-state index contributed by atoms with van der Waals surface area (Å²) in [7, 11) is 2.07. The van der Waals surface area contributed by atoms with E-state index in [0.29, 0.717) is 0 Å². The largest absolute Gasteiger partial charge is 0.320 e. The fraction of sp³-hybridized carbons (Fsp3) is 1.00. The molecule has 0 aromatic rings. The fourth-order valence-electron chi connectivity index (χ4n) is 3.23. The van der Waals surface area contributed by atoms with Crippen LogP contribution in [0.1, 0.15) is 58.8 Å². The summed E-state index contributed by atoms with van der Waals surface area (Å²) in [5, 5.41) is 3.30. The van der Waals surface area contributed by atoms with Crippen molar-refractivity contribution in [1.82, 2.24) is 5.32 Å². The van der Waals surface area contributed by atoms with Crippen molar-refractivity contribution >= 4 is 0 Å². The molecule has 1 aliphatic rings. The molecule has 0 bridgehead atoms. The molecule has 0 radical (unpaired) electrons. The first-order chi connectivity index (χ1) is 6.76. The van der Waals surface area contributed by atoms with E-state index in [-0.39, 0.29) is 0 Å². The lowest BCUT2D eigenvalue weighted by Crippen LogP contribution is -2.39. The first kappa shape index (κ1) is 12.0. The summed E-state index contributed by atoms with van der Waals surface area (Å²) in [6, 6.07) is 0. The Morgan fingerprint density at radius 1 is 1.14 bits per heavy atom. The molecule has 0 unspecified atom stereocenters. The Bertz CT molecular complexity index is 147. The second-order valence-corrected chi connectivity index (χ2v) is 5.17. The number of hydrogen-bond donors (Lipinski definition) is 1. The van der Waals surface area contributed by atoms with Crippen molar-refractivity contribution in [2.24, 2.45) is 11.3 Å². The Morgan fingerprint density at radius 2 is 1.86 bits per heavy atom. The molecule has 1 rings (SSSR count). The van der Waals surface area contributed by atoms with E-state index >= 15 is 0 Å². The third-order valence-electron chi connectivity index (χ3n) is 3.83. The van der Waals surface area contributed by atoms with Gasteiger partial charge in [0.25, 0.3) is 0 Å². The summed E-state index contributed by atoms with van der Waals surface area (Å²) in [6.07, 6.45) is 10.1. The highest BCUT2D eigenvalue weighted by atomic mass is 14.8. The summed E-state index contributed by atoms with van der Waals surface area (Å²) < 4.78 is 0. The van der Waals surface area contributed by atoms with Crippen molar-refractivity contribution < 1.29 is 0 Å². The van der Waals surface area contributed by atoms with Gasteiger partial charge in [-0.2, -0.15) is 0 Å². The van der Waals surface area contributed by atoms with Crippen LogP contribution < -0.4 is 5.32 Å². The molecule has 0 heterocycles. The maximum absolute atomic E-state index is 3.30. The number of rotatable bonds is 7. The minimum atomic E-state index is 0.734. The molecule has 0 atom stereocenters. The van der Waals surface area contributed by atoms with Crippen molar-refractivity contribution in [2.45, 2.75) is 58.8 Å². The Morgan fingerprint density at radius 3 is 2.36 bits per heavy atom. The predicted molar refractivity (Wildman–Crippen MR) is 63.5 cm³/mol. The summed E-state index contributed by atoms with van der Waals surface area (Å²) in [5.41, 5.74) is 0.734. The Hall–Kier alpha value is -0.0400. The third-order valence-corrected chi connectivity index (χ3v) is 3.83. The molecule has 0 aromatic carbocycles. The SMILES string of the molecule is CCCC1CC(CCC)(CCNC)C1. The van der Waals surface area contributed by atoms with Crippen LogP contribution in [0.4, 0.5) is 0 Å². The van der Waals surface area contributed by atoms with E-state index in [1.165, 1.54) is 51.5 Å². The van der Waals surface area contributed by atoms with E-state index in [4.69, 9.17) is 0 Å². The fourth-order valence-corrected chi connectivity index (χ4v) is 3.23. The lowest BCUT2D eigenvalue weighted by atomic mass is 9.57. The highest BCUT2D eigenvalue weighted by Gasteiger charge is 2.41. The van der Waals surface area contributed by atoms with E-state index in [1.54, 1.807) is 0 Å². The summed E-state index contributed by atoms with van der Waals surface area (Å²) in [4.78, 5) is 0. The van der Waals surface area contributed by atoms with Crippen molar-refractivity contribution in [3.8, 4) is 0 Å².